The van der Waals surface area contributed by atoms with Crippen LogP contribution in [0.15, 0.2) is 53.1 Å². The second-order valence-corrected chi connectivity index (χ2v) is 6.93. The second-order valence-electron chi connectivity index (χ2n) is 6.49. The van der Waals surface area contributed by atoms with Crippen LogP contribution in [0.4, 0.5) is 4.39 Å². The lowest BCUT2D eigenvalue weighted by atomic mass is 10.1. The maximum Gasteiger partial charge on any atom is 0.240 e. The lowest BCUT2D eigenvalue weighted by Crippen LogP contribution is -2.37. The van der Waals surface area contributed by atoms with E-state index in [2.05, 4.69) is 15.0 Å². The van der Waals surface area contributed by atoms with Crippen LogP contribution in [-0.2, 0) is 17.9 Å². The number of hydrogen-bond donors (Lipinski definition) is 0. The minimum absolute atomic E-state index is 0.0183. The highest BCUT2D eigenvalue weighted by atomic mass is 35.5. The van der Waals surface area contributed by atoms with Crippen molar-refractivity contribution in [1.82, 2.24) is 15.0 Å². The molecule has 2 aromatic carbocycles. The Morgan fingerprint density at radius 3 is 2.71 bits per heavy atom. The smallest absolute Gasteiger partial charge is 0.240 e. The van der Waals surface area contributed by atoms with Crippen LogP contribution in [0.1, 0.15) is 23.4 Å². The van der Waals surface area contributed by atoms with Gasteiger partial charge in [-0.25, -0.2) is 4.39 Å². The van der Waals surface area contributed by atoms with Gasteiger partial charge in [-0.1, -0.05) is 28.9 Å². The third kappa shape index (κ3) is 4.86. The molecule has 1 fully saturated rings. The Labute approximate surface area is 166 Å². The molecular formula is C20H19ClFN3O3. The van der Waals surface area contributed by atoms with Gasteiger partial charge in [-0.3, -0.25) is 4.90 Å². The molecule has 0 bridgehead atoms. The van der Waals surface area contributed by atoms with Gasteiger partial charge in [-0.05, 0) is 42.0 Å². The summed E-state index contributed by atoms with van der Waals surface area (Å²) in [5.41, 5.74) is 1.09. The van der Waals surface area contributed by atoms with E-state index >= 15 is 0 Å². The second kappa shape index (κ2) is 8.68. The Hall–Kier alpha value is -2.48. The predicted octanol–water partition coefficient (Wildman–Crippen LogP) is 4.01. The van der Waals surface area contributed by atoms with Gasteiger partial charge >= 0.3 is 0 Å². The molecule has 28 heavy (non-hydrogen) atoms. The summed E-state index contributed by atoms with van der Waals surface area (Å²) in [5, 5.41) is 4.65. The Balaban J connectivity index is 1.31. The highest BCUT2D eigenvalue weighted by Gasteiger charge is 2.23. The molecule has 0 amide bonds. The van der Waals surface area contributed by atoms with Gasteiger partial charge in [-0.2, -0.15) is 4.98 Å². The summed E-state index contributed by atoms with van der Waals surface area (Å²) in [6.45, 7) is 2.84. The summed E-state index contributed by atoms with van der Waals surface area (Å²) in [4.78, 5) is 6.58. The van der Waals surface area contributed by atoms with E-state index in [4.69, 9.17) is 25.6 Å². The van der Waals surface area contributed by atoms with Crippen LogP contribution in [0.3, 0.4) is 0 Å². The molecule has 2 heterocycles. The average Bonchev–Trinajstić information content (AvgIpc) is 3.16. The van der Waals surface area contributed by atoms with Crippen molar-refractivity contribution >= 4 is 11.6 Å². The molecule has 0 unspecified atom stereocenters. The summed E-state index contributed by atoms with van der Waals surface area (Å²) in [6, 6.07) is 13.5. The van der Waals surface area contributed by atoms with Crippen LogP contribution in [0.2, 0.25) is 5.02 Å². The van der Waals surface area contributed by atoms with E-state index in [1.807, 2.05) is 24.3 Å². The van der Waals surface area contributed by atoms with Crippen LogP contribution >= 0.6 is 11.6 Å². The molecule has 1 saturated heterocycles. The summed E-state index contributed by atoms with van der Waals surface area (Å²) >= 11 is 5.95. The maximum absolute atomic E-state index is 12.9. The molecule has 4 rings (SSSR count). The number of morpholine rings is 1. The Morgan fingerprint density at radius 1 is 1.14 bits per heavy atom. The van der Waals surface area contributed by atoms with Gasteiger partial charge in [0, 0.05) is 18.1 Å². The highest BCUT2D eigenvalue weighted by Crippen LogP contribution is 2.24. The number of ether oxygens (including phenoxy) is 2. The Morgan fingerprint density at radius 2 is 1.93 bits per heavy atom. The molecule has 3 aromatic rings. The van der Waals surface area contributed by atoms with E-state index in [1.54, 1.807) is 12.1 Å². The van der Waals surface area contributed by atoms with Crippen LogP contribution in [0, 0.1) is 5.82 Å². The monoisotopic (exact) mass is 403 g/mol. The molecule has 146 valence electrons. The van der Waals surface area contributed by atoms with Crippen molar-refractivity contribution < 1.29 is 18.4 Å². The first-order valence-corrected chi connectivity index (χ1v) is 9.33. The minimum Gasteiger partial charge on any atom is -0.485 e. The van der Waals surface area contributed by atoms with Gasteiger partial charge in [-0.15, -0.1) is 0 Å². The Bertz CT molecular complexity index is 902. The molecule has 0 radical (unpaired) electrons. The van der Waals surface area contributed by atoms with E-state index in [1.165, 1.54) is 12.1 Å². The van der Waals surface area contributed by atoms with Crippen LogP contribution in [-0.4, -0.2) is 34.7 Å². The summed E-state index contributed by atoms with van der Waals surface area (Å²) < 4.78 is 29.7. The maximum atomic E-state index is 12.9. The van der Waals surface area contributed by atoms with Crippen molar-refractivity contribution in [1.29, 1.82) is 0 Å². The quantitative estimate of drug-likeness (QED) is 0.619. The van der Waals surface area contributed by atoms with Crippen LogP contribution in [0.25, 0.3) is 0 Å². The van der Waals surface area contributed by atoms with E-state index in [9.17, 15) is 4.39 Å². The molecule has 0 spiro atoms. The fraction of sp³-hybridized carbons (Fsp3) is 0.300. The number of hydrogen-bond acceptors (Lipinski definition) is 6. The molecule has 0 N–H and O–H groups in total. The van der Waals surface area contributed by atoms with Crippen molar-refractivity contribution in [3.63, 3.8) is 0 Å². The molecule has 1 aliphatic heterocycles. The standard InChI is InChI=1S/C20H19ClFN3O3/c21-15-3-1-14(2-4-15)18-11-25(9-10-26-18)12-20-23-19(24-28-20)13-27-17-7-5-16(22)6-8-17/h1-8,18H,9-13H2/t18-/m1/s1. The topological polar surface area (TPSA) is 60.6 Å². The van der Waals surface area contributed by atoms with Gasteiger partial charge in [0.05, 0.1) is 19.3 Å². The number of benzene rings is 2. The van der Waals surface area contributed by atoms with Crippen LogP contribution in [0.5, 0.6) is 5.75 Å². The van der Waals surface area contributed by atoms with Gasteiger partial charge < -0.3 is 14.0 Å². The molecule has 0 aliphatic carbocycles. The van der Waals surface area contributed by atoms with Gasteiger partial charge in [0.1, 0.15) is 11.6 Å². The molecule has 0 saturated carbocycles. The predicted molar refractivity (Wildman–Crippen MR) is 100 cm³/mol. The largest absolute Gasteiger partial charge is 0.485 e. The SMILES string of the molecule is Fc1ccc(OCc2noc(CN3CCO[C@@H](c4ccc(Cl)cc4)C3)n2)cc1. The van der Waals surface area contributed by atoms with E-state index < -0.39 is 0 Å². The lowest BCUT2D eigenvalue weighted by Gasteiger charge is -2.32. The first kappa shape index (κ1) is 18.9. The molecule has 1 aromatic heterocycles. The third-order valence-electron chi connectivity index (χ3n) is 4.44. The lowest BCUT2D eigenvalue weighted by molar-refractivity contribution is -0.0355. The van der Waals surface area contributed by atoms with Crippen molar-refractivity contribution in [3.05, 3.63) is 76.6 Å². The summed E-state index contributed by atoms with van der Waals surface area (Å²) in [5.74, 6) is 1.21. The van der Waals surface area contributed by atoms with E-state index in [-0.39, 0.29) is 18.5 Å². The molecule has 8 heteroatoms. The van der Waals surface area contributed by atoms with Crippen LogP contribution < -0.4 is 4.74 Å². The number of halogens is 2. The molecule has 6 nitrogen and oxygen atoms in total. The number of nitrogens with zero attached hydrogens (tertiary/aromatic N) is 3. The zero-order valence-corrected chi connectivity index (χ0v) is 15.8. The average molecular weight is 404 g/mol. The first-order valence-electron chi connectivity index (χ1n) is 8.95. The van der Waals surface area contributed by atoms with Crippen molar-refractivity contribution in [2.45, 2.75) is 19.3 Å². The first-order chi connectivity index (χ1) is 13.7. The molecular weight excluding hydrogens is 385 g/mol. The fourth-order valence-corrected chi connectivity index (χ4v) is 3.13. The number of aromatic nitrogens is 2. The molecule has 1 atom stereocenters. The zero-order chi connectivity index (χ0) is 19.3. The Kier molecular flexibility index (Phi) is 5.85. The van der Waals surface area contributed by atoms with E-state index in [0.717, 1.165) is 18.7 Å². The van der Waals surface area contributed by atoms with Gasteiger partial charge in [0.2, 0.25) is 11.7 Å². The van der Waals surface area contributed by atoms with Crippen molar-refractivity contribution in [2.75, 3.05) is 19.7 Å². The summed E-state index contributed by atoms with van der Waals surface area (Å²) in [7, 11) is 0. The minimum atomic E-state index is -0.309. The van der Waals surface area contributed by atoms with Crippen molar-refractivity contribution in [2.24, 2.45) is 0 Å². The summed E-state index contributed by atoms with van der Waals surface area (Å²) in [6.07, 6.45) is -0.0183. The number of rotatable bonds is 6. The zero-order valence-electron chi connectivity index (χ0n) is 15.1. The van der Waals surface area contributed by atoms with Crippen molar-refractivity contribution in [3.8, 4) is 5.75 Å². The highest BCUT2D eigenvalue weighted by molar-refractivity contribution is 6.30. The third-order valence-corrected chi connectivity index (χ3v) is 4.69. The fourth-order valence-electron chi connectivity index (χ4n) is 3.01. The van der Waals surface area contributed by atoms with E-state index in [0.29, 0.717) is 35.6 Å². The van der Waals surface area contributed by atoms with Gasteiger partial charge in [0.25, 0.3) is 0 Å². The van der Waals surface area contributed by atoms with Gasteiger partial charge in [0.15, 0.2) is 6.61 Å². The molecule has 1 aliphatic rings. The normalized spacial score (nSPS) is 17.6.